The van der Waals surface area contributed by atoms with Crippen LogP contribution in [0.4, 0.5) is 13.2 Å². The Kier molecular flexibility index (Phi) is 2.62. The van der Waals surface area contributed by atoms with Gasteiger partial charge in [-0.25, -0.2) is 0 Å². The van der Waals surface area contributed by atoms with E-state index in [1.54, 1.807) is 24.3 Å². The monoisotopic (exact) mass is 322 g/mol. The van der Waals surface area contributed by atoms with Crippen LogP contribution in [0, 0.1) is 3.57 Å². The normalized spacial score (nSPS) is 12.0. The number of hydrogen-bond donors (Lipinski definition) is 0. The standard InChI is InChI=1S/C11H6F3I/c12-11(13,14)10-6-8(15)5-7-3-1-2-4-9(7)10/h1-6H. The van der Waals surface area contributed by atoms with Crippen molar-refractivity contribution in [2.45, 2.75) is 6.18 Å². The molecule has 0 saturated heterocycles. The lowest BCUT2D eigenvalue weighted by Crippen LogP contribution is -2.06. The van der Waals surface area contributed by atoms with Crippen LogP contribution in [0.15, 0.2) is 36.4 Å². The molecule has 0 bridgehead atoms. The van der Waals surface area contributed by atoms with E-state index in [-0.39, 0.29) is 5.39 Å². The van der Waals surface area contributed by atoms with Gasteiger partial charge in [0.15, 0.2) is 0 Å². The molecule has 15 heavy (non-hydrogen) atoms. The molecule has 0 N–H and O–H groups in total. The highest BCUT2D eigenvalue weighted by molar-refractivity contribution is 14.1. The van der Waals surface area contributed by atoms with Gasteiger partial charge in [-0.3, -0.25) is 0 Å². The number of hydrogen-bond acceptors (Lipinski definition) is 0. The van der Waals surface area contributed by atoms with Crippen molar-refractivity contribution < 1.29 is 13.2 Å². The Morgan fingerprint density at radius 1 is 1.00 bits per heavy atom. The van der Waals surface area contributed by atoms with E-state index in [0.29, 0.717) is 8.96 Å². The van der Waals surface area contributed by atoms with Crippen molar-refractivity contribution in [1.82, 2.24) is 0 Å². The fourth-order valence-corrected chi connectivity index (χ4v) is 2.16. The van der Waals surface area contributed by atoms with Crippen molar-refractivity contribution in [1.29, 1.82) is 0 Å². The zero-order chi connectivity index (χ0) is 11.1. The van der Waals surface area contributed by atoms with Crippen LogP contribution in [0.1, 0.15) is 5.56 Å². The molecule has 0 atom stereocenters. The van der Waals surface area contributed by atoms with E-state index in [2.05, 4.69) is 0 Å². The number of halogens is 4. The van der Waals surface area contributed by atoms with Gasteiger partial charge in [-0.15, -0.1) is 0 Å². The summed E-state index contributed by atoms with van der Waals surface area (Å²) in [6.07, 6.45) is -4.29. The maximum Gasteiger partial charge on any atom is 0.417 e. The Balaban J connectivity index is 2.83. The molecule has 0 fully saturated rings. The molecule has 0 heterocycles. The lowest BCUT2D eigenvalue weighted by atomic mass is 10.0. The molecule has 0 aliphatic heterocycles. The quantitative estimate of drug-likeness (QED) is 0.628. The first-order chi connectivity index (χ1) is 6.98. The summed E-state index contributed by atoms with van der Waals surface area (Å²) in [5, 5.41) is 0.877. The van der Waals surface area contributed by atoms with Crippen molar-refractivity contribution in [2.24, 2.45) is 0 Å². The van der Waals surface area contributed by atoms with Crippen LogP contribution in [-0.4, -0.2) is 0 Å². The summed E-state index contributed by atoms with van der Waals surface area (Å²) in [6, 6.07) is 9.44. The number of rotatable bonds is 0. The second-order valence-corrected chi connectivity index (χ2v) is 4.42. The Morgan fingerprint density at radius 3 is 2.33 bits per heavy atom. The summed E-state index contributed by atoms with van der Waals surface area (Å²) in [7, 11) is 0. The summed E-state index contributed by atoms with van der Waals surface area (Å²) < 4.78 is 38.7. The molecule has 2 aromatic rings. The third-order valence-electron chi connectivity index (χ3n) is 2.13. The average Bonchev–Trinajstić information content (AvgIpc) is 2.15. The molecule has 78 valence electrons. The molecule has 0 spiro atoms. The van der Waals surface area contributed by atoms with Gasteiger partial charge in [0.05, 0.1) is 5.56 Å². The molecule has 0 amide bonds. The zero-order valence-electron chi connectivity index (χ0n) is 7.48. The van der Waals surface area contributed by atoms with Crippen molar-refractivity contribution >= 4 is 33.4 Å². The highest BCUT2D eigenvalue weighted by Gasteiger charge is 2.32. The van der Waals surface area contributed by atoms with E-state index in [1.165, 1.54) is 12.1 Å². The zero-order valence-corrected chi connectivity index (χ0v) is 9.63. The Morgan fingerprint density at radius 2 is 1.67 bits per heavy atom. The second-order valence-electron chi connectivity index (χ2n) is 3.17. The minimum absolute atomic E-state index is 0.255. The number of benzene rings is 2. The van der Waals surface area contributed by atoms with Gasteiger partial charge < -0.3 is 0 Å². The smallest absolute Gasteiger partial charge is 0.166 e. The van der Waals surface area contributed by atoms with Gasteiger partial charge in [-0.05, 0) is 45.5 Å². The van der Waals surface area contributed by atoms with E-state index in [9.17, 15) is 13.2 Å². The fraction of sp³-hybridized carbons (Fsp3) is 0.0909. The summed E-state index contributed by atoms with van der Waals surface area (Å²) in [5.74, 6) is 0. The second kappa shape index (κ2) is 3.66. The van der Waals surface area contributed by atoms with E-state index in [0.717, 1.165) is 0 Å². The molecule has 2 aromatic carbocycles. The minimum atomic E-state index is -4.29. The van der Waals surface area contributed by atoms with Crippen LogP contribution in [-0.2, 0) is 6.18 Å². The predicted octanol–water partition coefficient (Wildman–Crippen LogP) is 4.46. The molecule has 2 rings (SSSR count). The number of fused-ring (bicyclic) bond motifs is 1. The first-order valence-electron chi connectivity index (χ1n) is 4.24. The van der Waals surface area contributed by atoms with E-state index >= 15 is 0 Å². The van der Waals surface area contributed by atoms with Gasteiger partial charge in [0, 0.05) is 3.57 Å². The lowest BCUT2D eigenvalue weighted by molar-refractivity contribution is -0.136. The third kappa shape index (κ3) is 2.09. The Hall–Kier alpha value is -0.780. The Labute approximate surface area is 98.2 Å². The largest absolute Gasteiger partial charge is 0.417 e. The molecule has 0 radical (unpaired) electrons. The van der Waals surface area contributed by atoms with Gasteiger partial charge in [-0.1, -0.05) is 24.3 Å². The third-order valence-corrected chi connectivity index (χ3v) is 2.75. The van der Waals surface area contributed by atoms with Crippen LogP contribution in [0.5, 0.6) is 0 Å². The van der Waals surface area contributed by atoms with Crippen molar-refractivity contribution in [3.63, 3.8) is 0 Å². The number of alkyl halides is 3. The van der Waals surface area contributed by atoms with E-state index in [1.807, 2.05) is 22.6 Å². The summed E-state index contributed by atoms with van der Waals surface area (Å²) in [4.78, 5) is 0. The van der Waals surface area contributed by atoms with Crippen LogP contribution in [0.2, 0.25) is 0 Å². The molecule has 0 aliphatic carbocycles. The summed E-state index contributed by atoms with van der Waals surface area (Å²) in [6.45, 7) is 0. The Bertz CT molecular complexity index is 503. The summed E-state index contributed by atoms with van der Waals surface area (Å²) >= 11 is 1.89. The molecule has 0 nitrogen and oxygen atoms in total. The van der Waals surface area contributed by atoms with Crippen molar-refractivity contribution in [3.8, 4) is 0 Å². The van der Waals surface area contributed by atoms with Crippen LogP contribution in [0.3, 0.4) is 0 Å². The first-order valence-corrected chi connectivity index (χ1v) is 5.32. The molecule has 0 unspecified atom stereocenters. The van der Waals surface area contributed by atoms with E-state index in [4.69, 9.17) is 0 Å². The van der Waals surface area contributed by atoms with Gasteiger partial charge in [0.1, 0.15) is 0 Å². The van der Waals surface area contributed by atoms with Crippen LogP contribution >= 0.6 is 22.6 Å². The molecular weight excluding hydrogens is 316 g/mol. The van der Waals surface area contributed by atoms with Crippen molar-refractivity contribution in [3.05, 3.63) is 45.5 Å². The highest BCUT2D eigenvalue weighted by Crippen LogP contribution is 2.35. The summed E-state index contributed by atoms with van der Waals surface area (Å²) in [5.41, 5.74) is -0.565. The van der Waals surface area contributed by atoms with Crippen LogP contribution in [0.25, 0.3) is 10.8 Å². The van der Waals surface area contributed by atoms with Gasteiger partial charge in [0.2, 0.25) is 0 Å². The molecule has 0 saturated carbocycles. The molecular formula is C11H6F3I. The van der Waals surface area contributed by atoms with Gasteiger partial charge in [0.25, 0.3) is 0 Å². The maximum absolute atomic E-state index is 12.7. The topological polar surface area (TPSA) is 0 Å². The van der Waals surface area contributed by atoms with Gasteiger partial charge >= 0.3 is 6.18 Å². The fourth-order valence-electron chi connectivity index (χ4n) is 1.51. The van der Waals surface area contributed by atoms with Crippen molar-refractivity contribution in [2.75, 3.05) is 0 Å². The minimum Gasteiger partial charge on any atom is -0.166 e. The highest BCUT2D eigenvalue weighted by atomic mass is 127. The first kappa shape index (κ1) is 10.7. The maximum atomic E-state index is 12.7. The molecule has 4 heteroatoms. The predicted molar refractivity (Wildman–Crippen MR) is 61.7 cm³/mol. The molecule has 0 aromatic heterocycles. The van der Waals surface area contributed by atoms with Gasteiger partial charge in [-0.2, -0.15) is 13.2 Å². The molecule has 0 aliphatic rings. The average molecular weight is 322 g/mol. The SMILES string of the molecule is FC(F)(F)c1cc(I)cc2ccccc12. The van der Waals surface area contributed by atoms with E-state index < -0.39 is 11.7 Å². The lowest BCUT2D eigenvalue weighted by Gasteiger charge is -2.10. The van der Waals surface area contributed by atoms with Crippen LogP contribution < -0.4 is 0 Å².